The third-order valence-corrected chi connectivity index (χ3v) is 6.76. The Bertz CT molecular complexity index is 811. The fourth-order valence-corrected chi connectivity index (χ4v) is 5.00. The molecule has 6 heteroatoms. The van der Waals surface area contributed by atoms with Crippen molar-refractivity contribution in [3.05, 3.63) is 46.7 Å². The van der Waals surface area contributed by atoms with E-state index in [-0.39, 0.29) is 17.1 Å². The molecule has 2 heterocycles. The van der Waals surface area contributed by atoms with Crippen LogP contribution in [0.15, 0.2) is 29.6 Å². The lowest BCUT2D eigenvalue weighted by atomic mass is 9.87. The van der Waals surface area contributed by atoms with Crippen molar-refractivity contribution in [3.8, 4) is 0 Å². The molecule has 0 spiro atoms. The summed E-state index contributed by atoms with van der Waals surface area (Å²) < 4.78 is 13.3. The second kappa shape index (κ2) is 6.34. The summed E-state index contributed by atoms with van der Waals surface area (Å²) >= 11 is 1.64. The van der Waals surface area contributed by atoms with Gasteiger partial charge in [0.2, 0.25) is 5.91 Å². The van der Waals surface area contributed by atoms with Crippen molar-refractivity contribution < 1.29 is 9.18 Å². The van der Waals surface area contributed by atoms with Crippen LogP contribution < -0.4 is 10.2 Å². The summed E-state index contributed by atoms with van der Waals surface area (Å²) in [6, 6.07) is 6.33. The van der Waals surface area contributed by atoms with E-state index in [1.807, 2.05) is 5.38 Å². The summed E-state index contributed by atoms with van der Waals surface area (Å²) in [5.41, 5.74) is 1.09. The van der Waals surface area contributed by atoms with Crippen molar-refractivity contribution in [2.75, 3.05) is 18.0 Å². The summed E-state index contributed by atoms with van der Waals surface area (Å²) in [4.78, 5) is 20.0. The van der Waals surface area contributed by atoms with Gasteiger partial charge in [-0.15, -0.1) is 11.3 Å². The SMILES string of the molecule is CC1(C)C[C@@]1(C(=O)NCc1csc(N2CCCC2)n1)c1ccc(F)cc1. The molecule has 1 saturated heterocycles. The first-order chi connectivity index (χ1) is 12.4. The Hall–Kier alpha value is -1.95. The predicted molar refractivity (Wildman–Crippen MR) is 102 cm³/mol. The van der Waals surface area contributed by atoms with Gasteiger partial charge in [-0.3, -0.25) is 4.79 Å². The van der Waals surface area contributed by atoms with Crippen LogP contribution in [0.5, 0.6) is 0 Å². The zero-order chi connectivity index (χ0) is 18.4. The van der Waals surface area contributed by atoms with Crippen molar-refractivity contribution in [2.45, 2.75) is 45.1 Å². The highest BCUT2D eigenvalue weighted by Gasteiger charge is 2.66. The molecule has 1 aliphatic heterocycles. The molecule has 1 amide bonds. The number of aromatic nitrogens is 1. The maximum absolute atomic E-state index is 13.3. The Balaban J connectivity index is 1.46. The quantitative estimate of drug-likeness (QED) is 0.865. The summed E-state index contributed by atoms with van der Waals surface area (Å²) in [6.45, 7) is 6.75. The first-order valence-corrected chi connectivity index (χ1v) is 10.0. The third kappa shape index (κ3) is 2.90. The lowest BCUT2D eigenvalue weighted by Gasteiger charge is -2.20. The van der Waals surface area contributed by atoms with Crippen molar-refractivity contribution in [1.82, 2.24) is 10.3 Å². The number of carbonyl (C=O) groups excluding carboxylic acids is 1. The second-order valence-electron chi connectivity index (χ2n) is 7.97. The minimum absolute atomic E-state index is 0.00447. The number of halogens is 1. The lowest BCUT2D eigenvalue weighted by Crippen LogP contribution is -2.37. The first-order valence-electron chi connectivity index (χ1n) is 9.16. The van der Waals surface area contributed by atoms with Crippen LogP contribution >= 0.6 is 11.3 Å². The molecule has 1 atom stereocenters. The van der Waals surface area contributed by atoms with Gasteiger partial charge in [0.15, 0.2) is 5.13 Å². The van der Waals surface area contributed by atoms with E-state index in [4.69, 9.17) is 0 Å². The Morgan fingerprint density at radius 1 is 1.27 bits per heavy atom. The number of hydrogen-bond acceptors (Lipinski definition) is 4. The summed E-state index contributed by atoms with van der Waals surface area (Å²) in [7, 11) is 0. The molecule has 4 nitrogen and oxygen atoms in total. The van der Waals surface area contributed by atoms with E-state index >= 15 is 0 Å². The van der Waals surface area contributed by atoms with Gasteiger partial charge in [0.25, 0.3) is 0 Å². The zero-order valence-corrected chi connectivity index (χ0v) is 16.0. The lowest BCUT2D eigenvalue weighted by molar-refractivity contribution is -0.124. The number of carbonyl (C=O) groups is 1. The molecular weight excluding hydrogens is 349 g/mol. The summed E-state index contributed by atoms with van der Waals surface area (Å²) in [5, 5.41) is 6.14. The van der Waals surface area contributed by atoms with Gasteiger partial charge >= 0.3 is 0 Å². The number of rotatable bonds is 5. The van der Waals surface area contributed by atoms with Crippen molar-refractivity contribution >= 4 is 22.4 Å². The fourth-order valence-electron chi connectivity index (χ4n) is 4.12. The molecular formula is C20H24FN3OS. The maximum atomic E-state index is 13.3. The van der Waals surface area contributed by atoms with Crippen LogP contribution in [0.25, 0.3) is 0 Å². The van der Waals surface area contributed by atoms with Gasteiger partial charge in [0.1, 0.15) is 5.82 Å². The zero-order valence-electron chi connectivity index (χ0n) is 15.2. The highest BCUT2D eigenvalue weighted by molar-refractivity contribution is 7.13. The van der Waals surface area contributed by atoms with E-state index in [1.165, 1.54) is 25.0 Å². The minimum atomic E-state index is -0.575. The molecule has 26 heavy (non-hydrogen) atoms. The third-order valence-electron chi connectivity index (χ3n) is 5.81. The van der Waals surface area contributed by atoms with Crippen LogP contribution in [0.3, 0.4) is 0 Å². The van der Waals surface area contributed by atoms with Crippen LogP contribution in [0.4, 0.5) is 9.52 Å². The minimum Gasteiger partial charge on any atom is -0.350 e. The molecule has 2 fully saturated rings. The molecule has 1 aromatic heterocycles. The largest absolute Gasteiger partial charge is 0.350 e. The van der Waals surface area contributed by atoms with Crippen LogP contribution in [-0.2, 0) is 16.8 Å². The van der Waals surface area contributed by atoms with Gasteiger partial charge in [0.05, 0.1) is 17.7 Å². The number of benzene rings is 1. The number of nitrogens with one attached hydrogen (secondary N) is 1. The molecule has 1 aromatic carbocycles. The van der Waals surface area contributed by atoms with Crippen LogP contribution in [-0.4, -0.2) is 24.0 Å². The highest BCUT2D eigenvalue weighted by Crippen LogP contribution is 2.64. The van der Waals surface area contributed by atoms with E-state index in [9.17, 15) is 9.18 Å². The Labute approximate surface area is 157 Å². The molecule has 1 aliphatic carbocycles. The van der Waals surface area contributed by atoms with Gasteiger partial charge in [-0.2, -0.15) is 0 Å². The smallest absolute Gasteiger partial charge is 0.231 e. The van der Waals surface area contributed by atoms with Crippen LogP contribution in [0.1, 0.15) is 44.4 Å². The average Bonchev–Trinajstić information content (AvgIpc) is 3.06. The van der Waals surface area contributed by atoms with Gasteiger partial charge in [-0.1, -0.05) is 26.0 Å². The summed E-state index contributed by atoms with van der Waals surface area (Å²) in [6.07, 6.45) is 3.22. The standard InChI is InChI=1S/C20H24FN3OS/c1-19(2)13-20(19,14-5-7-15(21)8-6-14)17(25)22-11-16-12-26-18(23-16)24-9-3-4-10-24/h5-8,12H,3-4,9-11,13H2,1-2H3,(H,22,25)/t20-/m0/s1. The normalized spacial score (nSPS) is 23.9. The Morgan fingerprint density at radius 2 is 1.92 bits per heavy atom. The number of thiazole rings is 1. The molecule has 4 rings (SSSR count). The molecule has 0 bridgehead atoms. The van der Waals surface area contributed by atoms with Gasteiger partial charge in [-0.25, -0.2) is 9.37 Å². The van der Waals surface area contributed by atoms with Crippen molar-refractivity contribution in [1.29, 1.82) is 0 Å². The molecule has 2 aromatic rings. The molecule has 1 saturated carbocycles. The molecule has 0 unspecified atom stereocenters. The van der Waals surface area contributed by atoms with Gasteiger partial charge in [0, 0.05) is 18.5 Å². The van der Waals surface area contributed by atoms with Gasteiger partial charge < -0.3 is 10.2 Å². The molecule has 2 aliphatic rings. The topological polar surface area (TPSA) is 45.2 Å². The monoisotopic (exact) mass is 373 g/mol. The van der Waals surface area contributed by atoms with E-state index < -0.39 is 5.41 Å². The van der Waals surface area contributed by atoms with Gasteiger partial charge in [-0.05, 0) is 42.4 Å². The summed E-state index contributed by atoms with van der Waals surface area (Å²) in [5.74, 6) is -0.274. The number of nitrogens with zero attached hydrogens (tertiary/aromatic N) is 2. The Kier molecular flexibility index (Phi) is 4.26. The van der Waals surface area contributed by atoms with Crippen molar-refractivity contribution in [3.63, 3.8) is 0 Å². The number of amides is 1. The van der Waals surface area contributed by atoms with E-state index in [2.05, 4.69) is 29.0 Å². The predicted octanol–water partition coefficient (Wildman–Crippen LogP) is 3.87. The average molecular weight is 373 g/mol. The van der Waals surface area contributed by atoms with Crippen molar-refractivity contribution in [2.24, 2.45) is 5.41 Å². The van der Waals surface area contributed by atoms with E-state index in [0.717, 1.165) is 35.9 Å². The molecule has 1 N–H and O–H groups in total. The second-order valence-corrected chi connectivity index (χ2v) is 8.81. The van der Waals surface area contributed by atoms with E-state index in [1.54, 1.807) is 23.5 Å². The van der Waals surface area contributed by atoms with Crippen LogP contribution in [0.2, 0.25) is 0 Å². The molecule has 0 radical (unpaired) electrons. The first kappa shape index (κ1) is 17.5. The fraction of sp³-hybridized carbons (Fsp3) is 0.500. The van der Waals surface area contributed by atoms with Crippen LogP contribution in [0, 0.1) is 11.2 Å². The number of hydrogen-bond donors (Lipinski definition) is 1. The Morgan fingerprint density at radius 3 is 2.54 bits per heavy atom. The molecule has 138 valence electrons. The highest BCUT2D eigenvalue weighted by atomic mass is 32.1. The van der Waals surface area contributed by atoms with E-state index in [0.29, 0.717) is 6.54 Å². The maximum Gasteiger partial charge on any atom is 0.231 e. The number of anilines is 1.